The van der Waals surface area contributed by atoms with E-state index in [-0.39, 0.29) is 0 Å². The second-order valence-electron chi connectivity index (χ2n) is 2.76. The number of halogens is 1. The van der Waals surface area contributed by atoms with Crippen LogP contribution in [0.2, 0.25) is 5.02 Å². The Labute approximate surface area is 89.5 Å². The van der Waals surface area contributed by atoms with Crippen molar-refractivity contribution in [1.29, 1.82) is 0 Å². The molecule has 0 unspecified atom stereocenters. The van der Waals surface area contributed by atoms with Crippen molar-refractivity contribution < 1.29 is 4.74 Å². The predicted octanol–water partition coefficient (Wildman–Crippen LogP) is 3.21. The zero-order valence-corrected chi connectivity index (χ0v) is 9.24. The lowest BCUT2D eigenvalue weighted by Gasteiger charge is -2.08. The molecule has 1 nitrogen and oxygen atoms in total. The Morgan fingerprint density at radius 1 is 1.46 bits per heavy atom. The fraction of sp³-hybridized carbons (Fsp3) is 0.400. The molecule has 0 saturated heterocycles. The summed E-state index contributed by atoms with van der Waals surface area (Å²) in [5, 5.41) is 0.680. The lowest BCUT2D eigenvalue weighted by molar-refractivity contribution is 0.409. The Morgan fingerprint density at radius 2 is 2.23 bits per heavy atom. The maximum absolute atomic E-state index is 5.96. The van der Waals surface area contributed by atoms with Crippen molar-refractivity contribution in [3.05, 3.63) is 28.8 Å². The van der Waals surface area contributed by atoms with Gasteiger partial charge in [-0.15, -0.1) is 0 Å². The first-order valence-electron chi connectivity index (χ1n) is 4.22. The molecule has 1 aromatic carbocycles. The number of benzene rings is 1. The monoisotopic (exact) mass is 216 g/mol. The van der Waals surface area contributed by atoms with Gasteiger partial charge in [0.1, 0.15) is 5.75 Å². The molecule has 0 heterocycles. The van der Waals surface area contributed by atoms with Gasteiger partial charge in [-0.1, -0.05) is 23.7 Å². The molecule has 0 aliphatic rings. The van der Waals surface area contributed by atoms with Gasteiger partial charge < -0.3 is 4.74 Å². The van der Waals surface area contributed by atoms with Crippen molar-refractivity contribution in [1.82, 2.24) is 0 Å². The number of rotatable bonds is 4. The van der Waals surface area contributed by atoms with Crippen LogP contribution in [0.4, 0.5) is 0 Å². The summed E-state index contributed by atoms with van der Waals surface area (Å²) < 4.78 is 5.22. The molecule has 0 atom stereocenters. The molecular weight excluding hydrogens is 204 g/mol. The zero-order chi connectivity index (χ0) is 9.68. The lowest BCUT2D eigenvalue weighted by atomic mass is 10.1. The molecule has 1 rings (SSSR count). The van der Waals surface area contributed by atoms with Crippen LogP contribution in [0.1, 0.15) is 12.0 Å². The molecule has 72 valence electrons. The number of methoxy groups -OCH3 is 1. The average Bonchev–Trinajstić information content (AvgIpc) is 2.15. The van der Waals surface area contributed by atoms with Crippen LogP contribution in [0.3, 0.4) is 0 Å². The minimum absolute atomic E-state index is 0.680. The van der Waals surface area contributed by atoms with E-state index in [2.05, 4.69) is 12.6 Å². The van der Waals surface area contributed by atoms with Gasteiger partial charge in [0, 0.05) is 0 Å². The highest BCUT2D eigenvalue weighted by atomic mass is 35.5. The van der Waals surface area contributed by atoms with Crippen LogP contribution in [0.5, 0.6) is 5.75 Å². The Morgan fingerprint density at radius 3 is 2.85 bits per heavy atom. The topological polar surface area (TPSA) is 9.23 Å². The van der Waals surface area contributed by atoms with Gasteiger partial charge >= 0.3 is 0 Å². The second kappa shape index (κ2) is 5.40. The highest BCUT2D eigenvalue weighted by Crippen LogP contribution is 2.28. The van der Waals surface area contributed by atoms with Crippen LogP contribution >= 0.6 is 24.2 Å². The quantitative estimate of drug-likeness (QED) is 0.761. The van der Waals surface area contributed by atoms with Crippen molar-refractivity contribution >= 4 is 24.2 Å². The van der Waals surface area contributed by atoms with Gasteiger partial charge in [-0.25, -0.2) is 0 Å². The van der Waals surface area contributed by atoms with E-state index in [4.69, 9.17) is 16.3 Å². The molecule has 0 spiro atoms. The van der Waals surface area contributed by atoms with Gasteiger partial charge in [0.2, 0.25) is 0 Å². The van der Waals surface area contributed by atoms with Gasteiger partial charge in [0.05, 0.1) is 12.1 Å². The number of thiol groups is 1. The normalized spacial score (nSPS) is 10.1. The summed E-state index contributed by atoms with van der Waals surface area (Å²) in [4.78, 5) is 0. The second-order valence-corrected chi connectivity index (χ2v) is 3.61. The van der Waals surface area contributed by atoms with E-state index in [9.17, 15) is 0 Å². The maximum Gasteiger partial charge on any atom is 0.140 e. The first-order valence-corrected chi connectivity index (χ1v) is 5.23. The molecule has 1 aromatic rings. The SMILES string of the molecule is COc1c(Cl)cccc1CCCS. The summed E-state index contributed by atoms with van der Waals surface area (Å²) >= 11 is 10.1. The average molecular weight is 217 g/mol. The molecular formula is C10H13ClOS. The smallest absolute Gasteiger partial charge is 0.140 e. The van der Waals surface area contributed by atoms with Gasteiger partial charge in [0.15, 0.2) is 0 Å². The Kier molecular flexibility index (Phi) is 4.46. The summed E-state index contributed by atoms with van der Waals surface area (Å²) in [5.41, 5.74) is 1.16. The third kappa shape index (κ3) is 2.82. The summed E-state index contributed by atoms with van der Waals surface area (Å²) in [6.07, 6.45) is 2.01. The molecule has 0 N–H and O–H groups in total. The zero-order valence-electron chi connectivity index (χ0n) is 7.59. The fourth-order valence-corrected chi connectivity index (χ4v) is 1.68. The van der Waals surface area contributed by atoms with E-state index in [0.717, 1.165) is 29.9 Å². The highest BCUT2D eigenvalue weighted by Gasteiger charge is 2.05. The first-order chi connectivity index (χ1) is 6.29. The minimum Gasteiger partial charge on any atom is -0.495 e. The third-order valence-electron chi connectivity index (χ3n) is 1.86. The number of ether oxygens (including phenoxy) is 1. The molecule has 0 bridgehead atoms. The Bertz CT molecular complexity index is 276. The molecule has 3 heteroatoms. The maximum atomic E-state index is 5.96. The lowest BCUT2D eigenvalue weighted by Crippen LogP contribution is -1.93. The predicted molar refractivity (Wildman–Crippen MR) is 60.2 cm³/mol. The summed E-state index contributed by atoms with van der Waals surface area (Å²) in [6, 6.07) is 5.82. The van der Waals surface area contributed by atoms with Crippen LogP contribution in [0.15, 0.2) is 18.2 Å². The van der Waals surface area contributed by atoms with Crippen LogP contribution in [0.25, 0.3) is 0 Å². The van der Waals surface area contributed by atoms with E-state index >= 15 is 0 Å². The van der Waals surface area contributed by atoms with Crippen LogP contribution in [-0.4, -0.2) is 12.9 Å². The van der Waals surface area contributed by atoms with Gasteiger partial charge in [-0.05, 0) is 30.2 Å². The number of aryl methyl sites for hydroxylation is 1. The van der Waals surface area contributed by atoms with Gasteiger partial charge in [0.25, 0.3) is 0 Å². The Hall–Kier alpha value is -0.340. The first kappa shape index (κ1) is 10.7. The molecule has 0 saturated carbocycles. The van der Waals surface area contributed by atoms with Crippen molar-refractivity contribution in [3.63, 3.8) is 0 Å². The number of hydrogen-bond donors (Lipinski definition) is 1. The van der Waals surface area contributed by atoms with E-state index in [1.807, 2.05) is 18.2 Å². The van der Waals surface area contributed by atoms with Crippen molar-refractivity contribution in [3.8, 4) is 5.75 Å². The fourth-order valence-electron chi connectivity index (χ4n) is 1.25. The van der Waals surface area contributed by atoms with Crippen molar-refractivity contribution in [2.45, 2.75) is 12.8 Å². The van der Waals surface area contributed by atoms with Crippen molar-refractivity contribution in [2.24, 2.45) is 0 Å². The number of para-hydroxylation sites is 1. The Balaban J connectivity index is 2.85. The molecule has 0 radical (unpaired) electrons. The molecule has 0 amide bonds. The molecule has 13 heavy (non-hydrogen) atoms. The van der Waals surface area contributed by atoms with Crippen LogP contribution in [0, 0.1) is 0 Å². The highest BCUT2D eigenvalue weighted by molar-refractivity contribution is 7.80. The molecule has 0 aromatic heterocycles. The van der Waals surface area contributed by atoms with Gasteiger partial charge in [-0.3, -0.25) is 0 Å². The van der Waals surface area contributed by atoms with E-state index in [1.54, 1.807) is 7.11 Å². The largest absolute Gasteiger partial charge is 0.495 e. The molecule has 0 aliphatic heterocycles. The molecule has 0 aliphatic carbocycles. The van der Waals surface area contributed by atoms with Crippen LogP contribution < -0.4 is 4.74 Å². The van der Waals surface area contributed by atoms with E-state index < -0.39 is 0 Å². The van der Waals surface area contributed by atoms with Gasteiger partial charge in [-0.2, -0.15) is 12.6 Å². The van der Waals surface area contributed by atoms with Crippen LogP contribution in [-0.2, 0) is 6.42 Å². The van der Waals surface area contributed by atoms with Crippen molar-refractivity contribution in [2.75, 3.05) is 12.9 Å². The third-order valence-corrected chi connectivity index (χ3v) is 2.47. The summed E-state index contributed by atoms with van der Waals surface area (Å²) in [6.45, 7) is 0. The summed E-state index contributed by atoms with van der Waals surface area (Å²) in [7, 11) is 1.64. The number of hydrogen-bond acceptors (Lipinski definition) is 2. The standard InChI is InChI=1S/C10H13ClOS/c1-12-10-8(5-3-7-13)4-2-6-9(10)11/h2,4,6,13H,3,5,7H2,1H3. The summed E-state index contributed by atoms with van der Waals surface area (Å²) in [5.74, 6) is 1.68. The minimum atomic E-state index is 0.680. The van der Waals surface area contributed by atoms with E-state index in [1.165, 1.54) is 0 Å². The molecule has 0 fully saturated rings. The van der Waals surface area contributed by atoms with E-state index in [0.29, 0.717) is 5.02 Å².